The van der Waals surface area contributed by atoms with Crippen molar-refractivity contribution in [1.29, 1.82) is 0 Å². The Labute approximate surface area is 104 Å². The molecule has 1 fully saturated rings. The van der Waals surface area contributed by atoms with E-state index in [-0.39, 0.29) is 11.8 Å². The average Bonchev–Trinajstić information content (AvgIpc) is 2.75. The molecule has 6 nitrogen and oxygen atoms in total. The van der Waals surface area contributed by atoms with Gasteiger partial charge in [0.15, 0.2) is 5.82 Å². The van der Waals surface area contributed by atoms with Gasteiger partial charge < -0.3 is 10.0 Å². The van der Waals surface area contributed by atoms with Crippen molar-refractivity contribution in [1.82, 2.24) is 14.6 Å². The van der Waals surface area contributed by atoms with Crippen LogP contribution < -0.4 is 4.90 Å². The Morgan fingerprint density at radius 2 is 2.28 bits per heavy atom. The van der Waals surface area contributed by atoms with Gasteiger partial charge in [-0.25, -0.2) is 9.50 Å². The molecule has 0 amide bonds. The van der Waals surface area contributed by atoms with E-state index in [1.165, 1.54) is 0 Å². The van der Waals surface area contributed by atoms with Crippen LogP contribution in [0.5, 0.6) is 0 Å². The normalized spacial score (nSPS) is 17.7. The second-order valence-electron chi connectivity index (χ2n) is 4.70. The number of carboxylic acids is 1. The van der Waals surface area contributed by atoms with Crippen molar-refractivity contribution in [3.63, 3.8) is 0 Å². The zero-order valence-corrected chi connectivity index (χ0v) is 10.0. The molecule has 2 aromatic rings. The van der Waals surface area contributed by atoms with Crippen molar-refractivity contribution in [2.75, 3.05) is 18.0 Å². The highest BCUT2D eigenvalue weighted by Crippen LogP contribution is 2.30. The van der Waals surface area contributed by atoms with E-state index in [1.54, 1.807) is 30.0 Å². The van der Waals surface area contributed by atoms with E-state index in [2.05, 4.69) is 15.0 Å². The molecular weight excluding hydrogens is 232 g/mol. The Morgan fingerprint density at radius 3 is 3.00 bits per heavy atom. The fourth-order valence-corrected chi connectivity index (χ4v) is 2.29. The molecule has 3 rings (SSSR count). The van der Waals surface area contributed by atoms with Crippen LogP contribution >= 0.6 is 0 Å². The van der Waals surface area contributed by atoms with Gasteiger partial charge in [0, 0.05) is 31.4 Å². The van der Waals surface area contributed by atoms with Crippen molar-refractivity contribution in [3.8, 4) is 0 Å². The van der Waals surface area contributed by atoms with Gasteiger partial charge in [-0.3, -0.25) is 4.79 Å². The monoisotopic (exact) mass is 246 g/mol. The number of nitrogens with zero attached hydrogens (tertiary/aromatic N) is 4. The second-order valence-corrected chi connectivity index (χ2v) is 4.70. The number of anilines is 1. The molecule has 18 heavy (non-hydrogen) atoms. The minimum Gasteiger partial charge on any atom is -0.481 e. The van der Waals surface area contributed by atoms with Crippen LogP contribution in [0, 0.1) is 11.8 Å². The lowest BCUT2D eigenvalue weighted by atomic mass is 9.87. The van der Waals surface area contributed by atoms with Gasteiger partial charge in [-0.15, -0.1) is 0 Å². The van der Waals surface area contributed by atoms with Gasteiger partial charge in [-0.05, 0) is 6.07 Å². The third kappa shape index (κ3) is 1.61. The third-order valence-electron chi connectivity index (χ3n) is 3.61. The molecule has 0 aliphatic carbocycles. The van der Waals surface area contributed by atoms with Crippen LogP contribution in [0.4, 0.5) is 5.82 Å². The number of fused-ring (bicyclic) bond motifs is 1. The van der Waals surface area contributed by atoms with Gasteiger partial charge in [0.1, 0.15) is 5.52 Å². The summed E-state index contributed by atoms with van der Waals surface area (Å²) >= 11 is 0. The Bertz CT molecular complexity index is 589. The molecule has 1 aliphatic heterocycles. The van der Waals surface area contributed by atoms with E-state index >= 15 is 0 Å². The molecule has 0 aromatic carbocycles. The van der Waals surface area contributed by atoms with Crippen LogP contribution in [0.2, 0.25) is 0 Å². The van der Waals surface area contributed by atoms with Gasteiger partial charge in [0.05, 0.1) is 12.1 Å². The van der Waals surface area contributed by atoms with Crippen LogP contribution in [-0.4, -0.2) is 38.8 Å². The molecule has 1 unspecified atom stereocenters. The lowest BCUT2D eigenvalue weighted by Crippen LogP contribution is -2.51. The number of aliphatic carboxylic acids is 1. The second kappa shape index (κ2) is 3.97. The van der Waals surface area contributed by atoms with Crippen molar-refractivity contribution in [2.24, 2.45) is 11.8 Å². The predicted octanol–water partition coefficient (Wildman–Crippen LogP) is 0.886. The van der Waals surface area contributed by atoms with E-state index in [1.807, 2.05) is 6.07 Å². The summed E-state index contributed by atoms with van der Waals surface area (Å²) in [5.74, 6) is 0.0531. The molecule has 1 atom stereocenters. The van der Waals surface area contributed by atoms with Gasteiger partial charge in [-0.1, -0.05) is 6.92 Å². The van der Waals surface area contributed by atoms with Crippen LogP contribution in [0.1, 0.15) is 6.92 Å². The summed E-state index contributed by atoms with van der Waals surface area (Å²) in [6, 6.07) is 1.91. The van der Waals surface area contributed by atoms with E-state index in [0.29, 0.717) is 0 Å². The first-order valence-electron chi connectivity index (χ1n) is 5.93. The summed E-state index contributed by atoms with van der Waals surface area (Å²) in [6.07, 6.45) is 5.25. The number of aromatic nitrogens is 3. The molecule has 1 aliphatic rings. The van der Waals surface area contributed by atoms with Gasteiger partial charge >= 0.3 is 5.97 Å². The van der Waals surface area contributed by atoms with Crippen LogP contribution in [0.25, 0.3) is 5.52 Å². The highest BCUT2D eigenvalue weighted by Gasteiger charge is 2.36. The number of hydrogen-bond donors (Lipinski definition) is 1. The quantitative estimate of drug-likeness (QED) is 0.870. The van der Waals surface area contributed by atoms with Crippen molar-refractivity contribution in [3.05, 3.63) is 24.7 Å². The highest BCUT2D eigenvalue weighted by atomic mass is 16.4. The summed E-state index contributed by atoms with van der Waals surface area (Å²) < 4.78 is 1.77. The third-order valence-corrected chi connectivity index (χ3v) is 3.61. The number of rotatable bonds is 3. The molecule has 0 radical (unpaired) electrons. The van der Waals surface area contributed by atoms with Crippen LogP contribution in [0.3, 0.4) is 0 Å². The van der Waals surface area contributed by atoms with Gasteiger partial charge in [0.2, 0.25) is 0 Å². The topological polar surface area (TPSA) is 70.7 Å². The molecule has 6 heteroatoms. The standard InChI is InChI=1S/C12H14N4O2/c1-8(12(17)18)9-6-15(7-9)11-10-2-3-14-16(10)5-4-13-11/h2-5,8-9H,6-7H2,1H3,(H,17,18). The smallest absolute Gasteiger partial charge is 0.306 e. The maximum Gasteiger partial charge on any atom is 0.306 e. The molecular formula is C12H14N4O2. The lowest BCUT2D eigenvalue weighted by molar-refractivity contribution is -0.143. The van der Waals surface area contributed by atoms with Crippen molar-refractivity contribution in [2.45, 2.75) is 6.92 Å². The largest absolute Gasteiger partial charge is 0.481 e. The molecule has 94 valence electrons. The van der Waals surface area contributed by atoms with Gasteiger partial charge in [0.25, 0.3) is 0 Å². The zero-order valence-electron chi connectivity index (χ0n) is 10.0. The SMILES string of the molecule is CC(C(=O)O)C1CN(c2nccn3nccc23)C1. The molecule has 2 aromatic heterocycles. The minimum absolute atomic E-state index is 0.201. The highest BCUT2D eigenvalue weighted by molar-refractivity contribution is 5.72. The predicted molar refractivity (Wildman–Crippen MR) is 65.5 cm³/mol. The summed E-state index contributed by atoms with van der Waals surface area (Å²) in [7, 11) is 0. The number of carbonyl (C=O) groups is 1. The number of carboxylic acid groups (broad SMARTS) is 1. The van der Waals surface area contributed by atoms with E-state index in [4.69, 9.17) is 5.11 Å². The van der Waals surface area contributed by atoms with Crippen molar-refractivity contribution >= 4 is 17.3 Å². The first-order chi connectivity index (χ1) is 8.66. The molecule has 0 bridgehead atoms. The van der Waals surface area contributed by atoms with Crippen LogP contribution in [-0.2, 0) is 4.79 Å². The summed E-state index contributed by atoms with van der Waals surface area (Å²) in [4.78, 5) is 17.4. The van der Waals surface area contributed by atoms with Crippen molar-refractivity contribution < 1.29 is 9.90 Å². The van der Waals surface area contributed by atoms with E-state index in [9.17, 15) is 4.79 Å². The Kier molecular flexibility index (Phi) is 2.43. The first-order valence-corrected chi connectivity index (χ1v) is 5.93. The maximum absolute atomic E-state index is 10.9. The lowest BCUT2D eigenvalue weighted by Gasteiger charge is -2.42. The Balaban J connectivity index is 1.79. The molecule has 3 heterocycles. The summed E-state index contributed by atoms with van der Waals surface area (Å²) in [5, 5.41) is 13.1. The Morgan fingerprint density at radius 1 is 1.50 bits per heavy atom. The molecule has 0 saturated carbocycles. The van der Waals surface area contributed by atoms with Gasteiger partial charge in [-0.2, -0.15) is 5.10 Å². The minimum atomic E-state index is -0.727. The van der Waals surface area contributed by atoms with E-state index in [0.717, 1.165) is 24.4 Å². The zero-order chi connectivity index (χ0) is 12.7. The van der Waals surface area contributed by atoms with Crippen LogP contribution in [0.15, 0.2) is 24.7 Å². The molecule has 0 spiro atoms. The summed E-state index contributed by atoms with van der Waals surface area (Å²) in [5.41, 5.74) is 0.957. The molecule has 1 saturated heterocycles. The first kappa shape index (κ1) is 11.0. The fraction of sp³-hybridized carbons (Fsp3) is 0.417. The van der Waals surface area contributed by atoms with E-state index < -0.39 is 5.97 Å². The Hall–Kier alpha value is -2.11. The number of hydrogen-bond acceptors (Lipinski definition) is 4. The maximum atomic E-state index is 10.9. The summed E-state index contributed by atoms with van der Waals surface area (Å²) in [6.45, 7) is 3.24. The molecule has 1 N–H and O–H groups in total. The fourth-order valence-electron chi connectivity index (χ4n) is 2.29. The average molecular weight is 246 g/mol.